The molecule has 7 heteroatoms. The molecule has 0 saturated carbocycles. The Balaban J connectivity index is 3.52. The number of hydrogen-bond acceptors (Lipinski definition) is 2. The molecule has 1 rings (SSSR count). The fourth-order valence-electron chi connectivity index (χ4n) is 1.11. The van der Waals surface area contributed by atoms with E-state index in [4.69, 9.17) is 23.2 Å². The summed E-state index contributed by atoms with van der Waals surface area (Å²) >= 11 is 10.9. The van der Waals surface area contributed by atoms with Gasteiger partial charge in [-0.2, -0.15) is 13.2 Å². The van der Waals surface area contributed by atoms with Crippen LogP contribution in [0.3, 0.4) is 0 Å². The molecule has 0 radical (unpaired) electrons. The van der Waals surface area contributed by atoms with Crippen molar-refractivity contribution in [1.29, 1.82) is 0 Å². The Morgan fingerprint density at radius 2 is 1.88 bits per heavy atom. The molecule has 0 aromatic heterocycles. The molecule has 1 aromatic rings. The first kappa shape index (κ1) is 13.1. The van der Waals surface area contributed by atoms with E-state index in [1.54, 1.807) is 0 Å². The van der Waals surface area contributed by atoms with Gasteiger partial charge in [-0.25, -0.2) is 4.79 Å². The topological polar surface area (TPSA) is 26.3 Å². The van der Waals surface area contributed by atoms with Crippen LogP contribution in [-0.4, -0.2) is 13.1 Å². The Morgan fingerprint density at radius 1 is 1.31 bits per heavy atom. The molecule has 0 fully saturated rings. The molecular formula is C9H5Cl2F3O2. The number of carbonyl (C=O) groups excluding carboxylic acids is 1. The van der Waals surface area contributed by atoms with Crippen molar-refractivity contribution in [1.82, 2.24) is 0 Å². The van der Waals surface area contributed by atoms with Crippen molar-refractivity contribution in [3.63, 3.8) is 0 Å². The summed E-state index contributed by atoms with van der Waals surface area (Å²) in [5.41, 5.74) is -1.95. The normalized spacial score (nSPS) is 11.4. The second-order valence-corrected chi connectivity index (χ2v) is 3.56. The highest BCUT2D eigenvalue weighted by Gasteiger charge is 2.38. The number of alkyl halides is 3. The SMILES string of the molecule is COC(=O)c1ccc(Cl)c(Cl)c1C(F)(F)F. The predicted molar refractivity (Wildman–Crippen MR) is 52.8 cm³/mol. The number of methoxy groups -OCH3 is 1. The Hall–Kier alpha value is -0.940. The van der Waals surface area contributed by atoms with Gasteiger partial charge in [0.15, 0.2) is 0 Å². The van der Waals surface area contributed by atoms with Crippen molar-refractivity contribution in [3.8, 4) is 0 Å². The predicted octanol–water partition coefficient (Wildman–Crippen LogP) is 3.80. The highest BCUT2D eigenvalue weighted by molar-refractivity contribution is 6.42. The third-order valence-electron chi connectivity index (χ3n) is 1.78. The van der Waals surface area contributed by atoms with Gasteiger partial charge in [-0.3, -0.25) is 0 Å². The van der Waals surface area contributed by atoms with Crippen molar-refractivity contribution in [3.05, 3.63) is 33.3 Å². The number of benzene rings is 1. The van der Waals surface area contributed by atoms with Crippen LogP contribution >= 0.6 is 23.2 Å². The van der Waals surface area contributed by atoms with Gasteiger partial charge in [-0.05, 0) is 12.1 Å². The molecule has 0 heterocycles. The van der Waals surface area contributed by atoms with Crippen molar-refractivity contribution in [2.75, 3.05) is 7.11 Å². The number of hydrogen-bond donors (Lipinski definition) is 0. The van der Waals surface area contributed by atoms with Crippen LogP contribution in [-0.2, 0) is 10.9 Å². The first-order valence-electron chi connectivity index (χ1n) is 3.92. The summed E-state index contributed by atoms with van der Waals surface area (Å²) in [6.07, 6.45) is -4.77. The zero-order chi connectivity index (χ0) is 12.5. The molecule has 1 aromatic carbocycles. The largest absolute Gasteiger partial charge is 0.465 e. The van der Waals surface area contributed by atoms with Crippen LogP contribution in [0.4, 0.5) is 13.2 Å². The highest BCUT2D eigenvalue weighted by Crippen LogP contribution is 2.40. The molecule has 0 saturated heterocycles. The maximum Gasteiger partial charge on any atom is 0.418 e. The molecule has 0 spiro atoms. The highest BCUT2D eigenvalue weighted by atomic mass is 35.5. The summed E-state index contributed by atoms with van der Waals surface area (Å²) < 4.78 is 42.1. The molecule has 0 aliphatic rings. The van der Waals surface area contributed by atoms with Gasteiger partial charge in [0, 0.05) is 0 Å². The summed E-state index contributed by atoms with van der Waals surface area (Å²) in [4.78, 5) is 11.1. The molecule has 16 heavy (non-hydrogen) atoms. The van der Waals surface area contributed by atoms with Crippen LogP contribution in [0.2, 0.25) is 10.0 Å². The summed E-state index contributed by atoms with van der Waals surface area (Å²) in [5, 5.41) is -0.987. The molecule has 0 aliphatic carbocycles. The average Bonchev–Trinajstić information content (AvgIpc) is 2.18. The van der Waals surface area contributed by atoms with Crippen molar-refractivity contribution < 1.29 is 22.7 Å². The van der Waals surface area contributed by atoms with E-state index in [1.807, 2.05) is 0 Å². The quantitative estimate of drug-likeness (QED) is 0.727. The van der Waals surface area contributed by atoms with Crippen LogP contribution < -0.4 is 0 Å². The standard InChI is InChI=1S/C9H5Cl2F3O2/c1-16-8(15)4-2-3-5(10)7(11)6(4)9(12,13)14/h2-3H,1H3. The first-order valence-corrected chi connectivity index (χ1v) is 4.68. The Morgan fingerprint density at radius 3 is 2.31 bits per heavy atom. The van der Waals surface area contributed by atoms with Gasteiger partial charge in [0.25, 0.3) is 0 Å². The molecular weight excluding hydrogens is 268 g/mol. The van der Waals surface area contributed by atoms with E-state index in [2.05, 4.69) is 4.74 Å². The lowest BCUT2D eigenvalue weighted by atomic mass is 10.1. The molecule has 0 atom stereocenters. The minimum atomic E-state index is -4.77. The molecule has 2 nitrogen and oxygen atoms in total. The van der Waals surface area contributed by atoms with E-state index in [0.29, 0.717) is 0 Å². The maximum atomic E-state index is 12.6. The Kier molecular flexibility index (Phi) is 3.70. The van der Waals surface area contributed by atoms with Gasteiger partial charge < -0.3 is 4.74 Å². The number of halogens is 5. The van der Waals surface area contributed by atoms with Crippen LogP contribution in [0.1, 0.15) is 15.9 Å². The minimum absolute atomic E-state index is 0.276. The number of esters is 1. The molecule has 0 aliphatic heterocycles. The molecule has 0 unspecified atom stereocenters. The summed E-state index contributed by atoms with van der Waals surface area (Å²) in [5.74, 6) is -1.12. The molecule has 0 bridgehead atoms. The van der Waals surface area contributed by atoms with Crippen LogP contribution in [0, 0.1) is 0 Å². The summed E-state index contributed by atoms with van der Waals surface area (Å²) in [6, 6.07) is 2.02. The third kappa shape index (κ3) is 2.41. The molecule has 0 amide bonds. The van der Waals surface area contributed by atoms with Crippen LogP contribution in [0.5, 0.6) is 0 Å². The van der Waals surface area contributed by atoms with E-state index in [9.17, 15) is 18.0 Å². The van der Waals surface area contributed by atoms with E-state index in [-0.39, 0.29) is 5.02 Å². The second-order valence-electron chi connectivity index (χ2n) is 2.77. The number of rotatable bonds is 1. The van der Waals surface area contributed by atoms with Crippen molar-refractivity contribution in [2.24, 2.45) is 0 Å². The minimum Gasteiger partial charge on any atom is -0.465 e. The second kappa shape index (κ2) is 4.51. The summed E-state index contributed by atoms with van der Waals surface area (Å²) in [7, 11) is 0.977. The zero-order valence-electron chi connectivity index (χ0n) is 7.86. The average molecular weight is 273 g/mol. The van der Waals surface area contributed by atoms with E-state index in [1.165, 1.54) is 0 Å². The van der Waals surface area contributed by atoms with Gasteiger partial charge in [-0.1, -0.05) is 23.2 Å². The zero-order valence-corrected chi connectivity index (χ0v) is 9.37. The lowest BCUT2D eigenvalue weighted by Crippen LogP contribution is -2.15. The molecule has 88 valence electrons. The van der Waals surface area contributed by atoms with Gasteiger partial charge in [0.2, 0.25) is 0 Å². The lowest BCUT2D eigenvalue weighted by molar-refractivity contribution is -0.138. The fourth-order valence-corrected chi connectivity index (χ4v) is 1.54. The van der Waals surface area contributed by atoms with Crippen molar-refractivity contribution in [2.45, 2.75) is 6.18 Å². The Labute approximate surface area is 98.9 Å². The van der Waals surface area contributed by atoms with Crippen LogP contribution in [0.15, 0.2) is 12.1 Å². The van der Waals surface area contributed by atoms with Gasteiger partial charge in [-0.15, -0.1) is 0 Å². The Bertz CT molecular complexity index is 429. The van der Waals surface area contributed by atoms with Crippen LogP contribution in [0.25, 0.3) is 0 Å². The number of carbonyl (C=O) groups is 1. The van der Waals surface area contributed by atoms with E-state index in [0.717, 1.165) is 19.2 Å². The van der Waals surface area contributed by atoms with E-state index >= 15 is 0 Å². The van der Waals surface area contributed by atoms with Gasteiger partial charge >= 0.3 is 12.1 Å². The third-order valence-corrected chi connectivity index (χ3v) is 2.59. The smallest absolute Gasteiger partial charge is 0.418 e. The van der Waals surface area contributed by atoms with Crippen molar-refractivity contribution >= 4 is 29.2 Å². The lowest BCUT2D eigenvalue weighted by Gasteiger charge is -2.13. The van der Waals surface area contributed by atoms with Gasteiger partial charge in [0.1, 0.15) is 0 Å². The molecule has 0 N–H and O–H groups in total. The monoisotopic (exact) mass is 272 g/mol. The number of ether oxygens (including phenoxy) is 1. The summed E-state index contributed by atoms with van der Waals surface area (Å²) in [6.45, 7) is 0. The fraction of sp³-hybridized carbons (Fsp3) is 0.222. The maximum absolute atomic E-state index is 12.6. The van der Waals surface area contributed by atoms with Gasteiger partial charge in [0.05, 0.1) is 28.3 Å². The van der Waals surface area contributed by atoms with E-state index < -0.39 is 28.3 Å². The first-order chi connectivity index (χ1) is 7.29.